The average molecular weight is 347 g/mol. The Morgan fingerprint density at radius 3 is 2.18 bits per heavy atom. The molecule has 2 atom stereocenters. The Hall–Kier alpha value is -0.960. The van der Waals surface area contributed by atoms with E-state index in [2.05, 4.69) is 0 Å². The lowest BCUT2D eigenvalue weighted by atomic mass is 10.2. The van der Waals surface area contributed by atoms with Crippen molar-refractivity contribution in [2.75, 3.05) is 18.1 Å². The van der Waals surface area contributed by atoms with Crippen molar-refractivity contribution in [1.82, 2.24) is 4.31 Å². The van der Waals surface area contributed by atoms with Crippen molar-refractivity contribution in [3.05, 3.63) is 29.8 Å². The van der Waals surface area contributed by atoms with Crippen LogP contribution < -0.4 is 0 Å². The van der Waals surface area contributed by atoms with Crippen molar-refractivity contribution in [2.45, 2.75) is 37.3 Å². The van der Waals surface area contributed by atoms with E-state index in [0.29, 0.717) is 0 Å². The van der Waals surface area contributed by atoms with Crippen LogP contribution in [0, 0.1) is 0 Å². The molecular formula is C14H21NO5S2. The number of benzene rings is 1. The minimum Gasteiger partial charge on any atom is -0.390 e. The van der Waals surface area contributed by atoms with Gasteiger partial charge in [-0.25, -0.2) is 16.8 Å². The van der Waals surface area contributed by atoms with Crippen molar-refractivity contribution in [3.8, 4) is 0 Å². The maximum absolute atomic E-state index is 12.7. The molecule has 1 aromatic carbocycles. The number of sulfone groups is 1. The molecular weight excluding hydrogens is 326 g/mol. The van der Waals surface area contributed by atoms with E-state index < -0.39 is 37.8 Å². The molecule has 1 aromatic rings. The molecule has 1 N–H and O–H groups in total. The maximum atomic E-state index is 12.7. The summed E-state index contributed by atoms with van der Waals surface area (Å²) in [6, 6.07) is 5.59. The molecule has 6 nitrogen and oxygen atoms in total. The quantitative estimate of drug-likeness (QED) is 0.833. The standard InChI is InChI=1S/C14H21NO5S2/c1-3-11-5-7-12(8-6-11)22(19,20)15(4-2)13-9-21(17,18)10-14(13)16/h5-8,13-14,16H,3-4,9-10H2,1-2H3/t13-,14-/m1/s1. The van der Waals surface area contributed by atoms with Crippen LogP contribution in [0.4, 0.5) is 0 Å². The number of sulfonamides is 1. The van der Waals surface area contributed by atoms with Crippen LogP contribution >= 0.6 is 0 Å². The monoisotopic (exact) mass is 347 g/mol. The van der Waals surface area contributed by atoms with Crippen molar-refractivity contribution in [3.63, 3.8) is 0 Å². The average Bonchev–Trinajstić information content (AvgIpc) is 2.72. The second kappa shape index (κ2) is 6.27. The lowest BCUT2D eigenvalue weighted by Crippen LogP contribution is -2.46. The van der Waals surface area contributed by atoms with Gasteiger partial charge in [-0.1, -0.05) is 26.0 Å². The van der Waals surface area contributed by atoms with Gasteiger partial charge in [-0.3, -0.25) is 0 Å². The van der Waals surface area contributed by atoms with Crippen LogP contribution in [-0.2, 0) is 26.3 Å². The van der Waals surface area contributed by atoms with E-state index in [9.17, 15) is 21.9 Å². The van der Waals surface area contributed by atoms with Crippen LogP contribution in [-0.4, -0.2) is 56.4 Å². The van der Waals surface area contributed by atoms with Gasteiger partial charge in [0.1, 0.15) is 0 Å². The number of likely N-dealkylation sites (N-methyl/N-ethyl adjacent to an activating group) is 1. The number of hydrogen-bond donors (Lipinski definition) is 1. The van der Waals surface area contributed by atoms with Crippen molar-refractivity contribution in [2.24, 2.45) is 0 Å². The minimum atomic E-state index is -3.83. The van der Waals surface area contributed by atoms with Gasteiger partial charge in [-0.2, -0.15) is 4.31 Å². The Labute approximate surface area is 131 Å². The lowest BCUT2D eigenvalue weighted by molar-refractivity contribution is 0.130. The first-order valence-electron chi connectivity index (χ1n) is 7.20. The third-order valence-electron chi connectivity index (χ3n) is 3.91. The van der Waals surface area contributed by atoms with Crippen molar-refractivity contribution >= 4 is 19.9 Å². The lowest BCUT2D eigenvalue weighted by Gasteiger charge is -2.28. The summed E-state index contributed by atoms with van der Waals surface area (Å²) < 4.78 is 49.8. The third kappa shape index (κ3) is 3.34. The molecule has 0 spiro atoms. The summed E-state index contributed by atoms with van der Waals surface area (Å²) in [5.41, 5.74) is 1.02. The summed E-state index contributed by atoms with van der Waals surface area (Å²) in [6.45, 7) is 3.71. The molecule has 8 heteroatoms. The molecule has 0 unspecified atom stereocenters. The number of rotatable bonds is 5. The maximum Gasteiger partial charge on any atom is 0.243 e. The zero-order valence-corrected chi connectivity index (χ0v) is 14.3. The van der Waals surface area contributed by atoms with Gasteiger partial charge in [0.25, 0.3) is 0 Å². The summed E-state index contributed by atoms with van der Waals surface area (Å²) in [5, 5.41) is 9.93. The Bertz CT molecular complexity index is 725. The molecule has 0 amide bonds. The Morgan fingerprint density at radius 1 is 1.18 bits per heavy atom. The molecule has 124 valence electrons. The van der Waals surface area contributed by atoms with Crippen molar-refractivity contribution < 1.29 is 21.9 Å². The van der Waals surface area contributed by atoms with Crippen LogP contribution in [0.15, 0.2) is 29.2 Å². The molecule has 1 heterocycles. The molecule has 2 rings (SSSR count). The number of aryl methyl sites for hydroxylation is 1. The minimum absolute atomic E-state index is 0.106. The summed E-state index contributed by atoms with van der Waals surface area (Å²) in [4.78, 5) is 0.114. The Morgan fingerprint density at radius 2 is 1.77 bits per heavy atom. The molecule has 0 radical (unpaired) electrons. The number of hydrogen-bond acceptors (Lipinski definition) is 5. The molecule has 1 fully saturated rings. The molecule has 1 saturated heterocycles. The second-order valence-electron chi connectivity index (χ2n) is 5.42. The first kappa shape index (κ1) is 17.4. The van der Waals surface area contributed by atoms with Gasteiger partial charge < -0.3 is 5.11 Å². The summed E-state index contributed by atoms with van der Waals surface area (Å²) in [6.07, 6.45) is -0.383. The van der Waals surface area contributed by atoms with Crippen LogP contribution in [0.25, 0.3) is 0 Å². The summed E-state index contributed by atoms with van der Waals surface area (Å²) in [7, 11) is -7.24. The van der Waals surface area contributed by atoms with Gasteiger partial charge in [0.05, 0.1) is 28.5 Å². The summed E-state index contributed by atoms with van der Waals surface area (Å²) >= 11 is 0. The van der Waals surface area contributed by atoms with Crippen LogP contribution in [0.2, 0.25) is 0 Å². The molecule has 1 aliphatic rings. The van der Waals surface area contributed by atoms with Crippen molar-refractivity contribution in [1.29, 1.82) is 0 Å². The van der Waals surface area contributed by atoms with Gasteiger partial charge in [-0.05, 0) is 24.1 Å². The van der Waals surface area contributed by atoms with E-state index in [4.69, 9.17) is 0 Å². The van der Waals surface area contributed by atoms with Crippen LogP contribution in [0.5, 0.6) is 0 Å². The van der Waals surface area contributed by atoms with E-state index >= 15 is 0 Å². The van der Waals surface area contributed by atoms with E-state index in [1.165, 1.54) is 12.1 Å². The third-order valence-corrected chi connectivity index (χ3v) is 7.63. The van der Waals surface area contributed by atoms with Gasteiger partial charge in [0.15, 0.2) is 9.84 Å². The fraction of sp³-hybridized carbons (Fsp3) is 0.571. The zero-order valence-electron chi connectivity index (χ0n) is 12.6. The van der Waals surface area contributed by atoms with Gasteiger partial charge >= 0.3 is 0 Å². The van der Waals surface area contributed by atoms with E-state index in [1.54, 1.807) is 19.1 Å². The molecule has 0 saturated carbocycles. The zero-order chi connectivity index (χ0) is 16.5. The largest absolute Gasteiger partial charge is 0.390 e. The molecule has 1 aliphatic heterocycles. The fourth-order valence-corrected chi connectivity index (χ4v) is 6.26. The SMILES string of the molecule is CCc1ccc(S(=O)(=O)N(CC)[C@@H]2CS(=O)(=O)C[C@H]2O)cc1. The topological polar surface area (TPSA) is 91.8 Å². The van der Waals surface area contributed by atoms with Crippen LogP contribution in [0.1, 0.15) is 19.4 Å². The Balaban J connectivity index is 2.36. The highest BCUT2D eigenvalue weighted by atomic mass is 32.2. The van der Waals surface area contributed by atoms with Gasteiger partial charge in [-0.15, -0.1) is 0 Å². The van der Waals surface area contributed by atoms with E-state index in [0.717, 1.165) is 16.3 Å². The number of aliphatic hydroxyl groups excluding tert-OH is 1. The number of aliphatic hydroxyl groups is 1. The predicted molar refractivity (Wildman–Crippen MR) is 83.8 cm³/mol. The second-order valence-corrected chi connectivity index (χ2v) is 9.46. The highest BCUT2D eigenvalue weighted by Gasteiger charge is 2.44. The molecule has 0 aromatic heterocycles. The molecule has 22 heavy (non-hydrogen) atoms. The number of nitrogens with zero attached hydrogens (tertiary/aromatic N) is 1. The molecule has 0 bridgehead atoms. The molecule has 0 aliphatic carbocycles. The first-order valence-corrected chi connectivity index (χ1v) is 10.5. The summed E-state index contributed by atoms with van der Waals surface area (Å²) in [5.74, 6) is -0.729. The fourth-order valence-electron chi connectivity index (χ4n) is 2.70. The highest BCUT2D eigenvalue weighted by Crippen LogP contribution is 2.25. The van der Waals surface area contributed by atoms with E-state index in [1.807, 2.05) is 6.92 Å². The van der Waals surface area contributed by atoms with Gasteiger partial charge in [0, 0.05) is 6.54 Å². The van der Waals surface area contributed by atoms with Crippen LogP contribution in [0.3, 0.4) is 0 Å². The smallest absolute Gasteiger partial charge is 0.243 e. The Kier molecular flexibility index (Phi) is 4.96. The normalized spacial score (nSPS) is 24.7. The van der Waals surface area contributed by atoms with E-state index in [-0.39, 0.29) is 17.2 Å². The first-order chi connectivity index (χ1) is 10.2. The highest BCUT2D eigenvalue weighted by molar-refractivity contribution is 7.92. The van der Waals surface area contributed by atoms with Gasteiger partial charge in [0.2, 0.25) is 10.0 Å². The predicted octanol–water partition coefficient (Wildman–Crippen LogP) is 0.418.